The minimum Gasteiger partial charge on any atom is -0.494 e. The molecule has 0 aliphatic rings. The van der Waals surface area contributed by atoms with Crippen molar-refractivity contribution in [2.24, 2.45) is 0 Å². The highest BCUT2D eigenvalue weighted by Gasteiger charge is 2.21. The molecule has 8 rings (SSSR count). The lowest BCUT2D eigenvalue weighted by Gasteiger charge is -2.22. The number of unbranched alkanes of at least 4 members (excludes halogenated alkanes) is 20. The van der Waals surface area contributed by atoms with Gasteiger partial charge in [0.1, 0.15) is 23.0 Å². The van der Waals surface area contributed by atoms with E-state index in [0.717, 1.165) is 75.1 Å². The Labute approximate surface area is 458 Å². The largest absolute Gasteiger partial charge is 0.494 e. The number of benzene rings is 8. The first-order valence-corrected chi connectivity index (χ1v) is 30.3. The van der Waals surface area contributed by atoms with Gasteiger partial charge in [-0.05, 0) is 163 Å². The highest BCUT2D eigenvalue weighted by molar-refractivity contribution is 6.32. The van der Waals surface area contributed by atoms with Crippen molar-refractivity contribution in [3.8, 4) is 67.5 Å². The first kappa shape index (κ1) is 56.2. The molecule has 4 heteroatoms. The second kappa shape index (κ2) is 30.7. The minimum absolute atomic E-state index is 0.752. The number of ether oxygens (including phenoxy) is 4. The predicted molar refractivity (Wildman–Crippen MR) is 327 cm³/mol. The van der Waals surface area contributed by atoms with Crippen LogP contribution >= 0.6 is 0 Å². The number of hydrogen-bond donors (Lipinski definition) is 0. The van der Waals surface area contributed by atoms with Gasteiger partial charge in [-0.15, -0.1) is 0 Å². The van der Waals surface area contributed by atoms with E-state index in [1.807, 2.05) is 0 Å². The van der Waals surface area contributed by atoms with Gasteiger partial charge in [0.15, 0.2) is 0 Å². The summed E-state index contributed by atoms with van der Waals surface area (Å²) in [6.45, 7) is 12.1. The van der Waals surface area contributed by atoms with Crippen molar-refractivity contribution in [1.29, 1.82) is 0 Å². The molecule has 0 heterocycles. The van der Waals surface area contributed by atoms with E-state index in [9.17, 15) is 0 Å². The fourth-order valence-electron chi connectivity index (χ4n) is 11.2. The third-order valence-electron chi connectivity index (χ3n) is 15.6. The molecule has 0 N–H and O–H groups in total. The smallest absolute Gasteiger partial charge is 0.119 e. The summed E-state index contributed by atoms with van der Waals surface area (Å²) < 4.78 is 25.3. The molecule has 0 radical (unpaired) electrons. The summed E-state index contributed by atoms with van der Waals surface area (Å²) in [6.07, 6.45) is 30.0. The molecule has 0 atom stereocenters. The lowest BCUT2D eigenvalue weighted by atomic mass is 9.82. The number of rotatable bonds is 36. The Morgan fingerprint density at radius 2 is 0.421 bits per heavy atom. The Bertz CT molecular complexity index is 2500. The fourth-order valence-corrected chi connectivity index (χ4v) is 11.2. The van der Waals surface area contributed by atoms with Crippen molar-refractivity contribution in [1.82, 2.24) is 0 Å². The SMILES string of the molecule is CCCCCCCCOc1ccc(-c2cc(-c3ccc(OCCCCCCCC)cc3)c3ccc4c(-c5ccc(OCCCCCCCC)cc5)cc(-c5ccc(OCCCCCCCC)cc5)c5ccc2c3c54)cc1. The second-order valence-corrected chi connectivity index (χ2v) is 21.6. The molecule has 0 aliphatic carbocycles. The van der Waals surface area contributed by atoms with E-state index in [2.05, 4.69) is 161 Å². The maximum Gasteiger partial charge on any atom is 0.119 e. The second-order valence-electron chi connectivity index (χ2n) is 21.6. The van der Waals surface area contributed by atoms with Crippen LogP contribution in [0, 0.1) is 0 Å². The molecule has 0 unspecified atom stereocenters. The standard InChI is InChI=1S/C72H90O4/c1-5-9-13-17-21-25-49-73-59-37-29-55(30-38-59)67-53-68(56-31-39-60(40-32-56)74-50-26-22-18-14-10-6-2)64-47-48-66-70(58-35-43-62(44-36-58)76-52-28-24-20-16-12-8-4)54-69(65-46-45-63(67)71(64)72(65)66)57-33-41-61(42-34-57)75-51-27-23-19-15-11-7-3/h29-48,53-54H,5-28,49-52H2,1-4H3. The highest BCUT2D eigenvalue weighted by Crippen LogP contribution is 2.49. The zero-order valence-electron chi connectivity index (χ0n) is 47.1. The predicted octanol–water partition coefficient (Wildman–Crippen LogP) is 22.2. The topological polar surface area (TPSA) is 36.9 Å². The summed E-state index contributed by atoms with van der Waals surface area (Å²) in [5.41, 5.74) is 9.58. The molecule has 0 saturated heterocycles. The van der Waals surface area contributed by atoms with Gasteiger partial charge in [-0.1, -0.05) is 229 Å². The lowest BCUT2D eigenvalue weighted by Crippen LogP contribution is -1.98. The first-order chi connectivity index (χ1) is 37.6. The maximum absolute atomic E-state index is 6.32. The van der Waals surface area contributed by atoms with E-state index in [1.54, 1.807) is 0 Å². The molecular weight excluding hydrogens is 929 g/mol. The summed E-state index contributed by atoms with van der Waals surface area (Å²) in [4.78, 5) is 0. The third kappa shape index (κ3) is 15.6. The average Bonchev–Trinajstić information content (AvgIpc) is 3.52. The molecule has 0 bridgehead atoms. The van der Waals surface area contributed by atoms with Crippen LogP contribution in [0.5, 0.6) is 23.0 Å². The zero-order valence-corrected chi connectivity index (χ0v) is 47.1. The lowest BCUT2D eigenvalue weighted by molar-refractivity contribution is 0.304. The Morgan fingerprint density at radius 3 is 0.632 bits per heavy atom. The van der Waals surface area contributed by atoms with E-state index in [-0.39, 0.29) is 0 Å². The van der Waals surface area contributed by atoms with Crippen LogP contribution in [0.1, 0.15) is 182 Å². The van der Waals surface area contributed by atoms with Gasteiger partial charge in [-0.25, -0.2) is 0 Å². The van der Waals surface area contributed by atoms with Crippen LogP contribution < -0.4 is 18.9 Å². The van der Waals surface area contributed by atoms with E-state index in [4.69, 9.17) is 18.9 Å². The molecule has 0 amide bonds. The summed E-state index contributed by atoms with van der Waals surface area (Å²) in [6, 6.07) is 49.8. The molecule has 0 fully saturated rings. The van der Waals surface area contributed by atoms with Crippen molar-refractivity contribution in [3.05, 3.63) is 133 Å². The quantitative estimate of drug-likeness (QED) is 0.0290. The van der Waals surface area contributed by atoms with Gasteiger partial charge >= 0.3 is 0 Å². The molecule has 8 aromatic rings. The van der Waals surface area contributed by atoms with Crippen molar-refractivity contribution >= 4 is 32.3 Å². The molecule has 0 aromatic heterocycles. The first-order valence-electron chi connectivity index (χ1n) is 30.3. The summed E-state index contributed by atoms with van der Waals surface area (Å²) in [5.74, 6) is 3.72. The Hall–Kier alpha value is -6.00. The zero-order chi connectivity index (χ0) is 52.6. The van der Waals surface area contributed by atoms with Crippen LogP contribution in [0.4, 0.5) is 0 Å². The van der Waals surface area contributed by atoms with Gasteiger partial charge in [0, 0.05) is 0 Å². The maximum atomic E-state index is 6.32. The average molecular weight is 1020 g/mol. The molecule has 76 heavy (non-hydrogen) atoms. The van der Waals surface area contributed by atoms with Crippen LogP contribution in [0.25, 0.3) is 76.8 Å². The molecule has 8 aromatic carbocycles. The molecule has 0 aliphatic heterocycles. The van der Waals surface area contributed by atoms with Gasteiger partial charge in [-0.2, -0.15) is 0 Å². The van der Waals surface area contributed by atoms with E-state index < -0.39 is 0 Å². The van der Waals surface area contributed by atoms with Gasteiger partial charge in [0.2, 0.25) is 0 Å². The van der Waals surface area contributed by atoms with E-state index in [0.29, 0.717) is 0 Å². The fraction of sp³-hybridized carbons (Fsp3) is 0.444. The molecule has 0 saturated carbocycles. The van der Waals surface area contributed by atoms with Crippen molar-refractivity contribution in [2.45, 2.75) is 182 Å². The minimum atomic E-state index is 0.752. The van der Waals surface area contributed by atoms with Gasteiger partial charge in [-0.3, -0.25) is 0 Å². The van der Waals surface area contributed by atoms with Crippen LogP contribution in [0.15, 0.2) is 133 Å². The van der Waals surface area contributed by atoms with Crippen LogP contribution in [0.2, 0.25) is 0 Å². The van der Waals surface area contributed by atoms with Gasteiger partial charge < -0.3 is 18.9 Å². The van der Waals surface area contributed by atoms with E-state index >= 15 is 0 Å². The van der Waals surface area contributed by atoms with Gasteiger partial charge in [0.05, 0.1) is 26.4 Å². The Morgan fingerprint density at radius 1 is 0.224 bits per heavy atom. The normalized spacial score (nSPS) is 11.6. The van der Waals surface area contributed by atoms with Crippen molar-refractivity contribution in [3.63, 3.8) is 0 Å². The highest BCUT2D eigenvalue weighted by atomic mass is 16.5. The Balaban J connectivity index is 1.18. The third-order valence-corrected chi connectivity index (χ3v) is 15.6. The van der Waals surface area contributed by atoms with Crippen LogP contribution in [-0.4, -0.2) is 26.4 Å². The van der Waals surface area contributed by atoms with Crippen LogP contribution in [-0.2, 0) is 0 Å². The summed E-state index contributed by atoms with van der Waals surface area (Å²) in [7, 11) is 0. The van der Waals surface area contributed by atoms with Crippen molar-refractivity contribution < 1.29 is 18.9 Å². The molecule has 0 spiro atoms. The van der Waals surface area contributed by atoms with Crippen LogP contribution in [0.3, 0.4) is 0 Å². The summed E-state index contributed by atoms with van der Waals surface area (Å²) in [5, 5.41) is 7.56. The molecule has 402 valence electrons. The van der Waals surface area contributed by atoms with Crippen molar-refractivity contribution in [2.75, 3.05) is 26.4 Å². The van der Waals surface area contributed by atoms with Gasteiger partial charge in [0.25, 0.3) is 0 Å². The number of hydrogen-bond acceptors (Lipinski definition) is 4. The van der Waals surface area contributed by atoms with E-state index in [1.165, 1.54) is 205 Å². The molecule has 4 nitrogen and oxygen atoms in total. The summed E-state index contributed by atoms with van der Waals surface area (Å²) >= 11 is 0. The Kier molecular flexibility index (Phi) is 22.7. The monoisotopic (exact) mass is 1020 g/mol. The molecular formula is C72H90O4.